The summed E-state index contributed by atoms with van der Waals surface area (Å²) in [6.45, 7) is -0.470. The van der Waals surface area contributed by atoms with Gasteiger partial charge >= 0.3 is 6.09 Å². The zero-order valence-corrected chi connectivity index (χ0v) is 18.1. The van der Waals surface area contributed by atoms with Gasteiger partial charge < -0.3 is 15.0 Å². The molecule has 1 aliphatic heterocycles. The zero-order chi connectivity index (χ0) is 23.8. The van der Waals surface area contributed by atoms with Gasteiger partial charge in [0.15, 0.2) is 0 Å². The normalized spacial score (nSPS) is 17.7. The highest BCUT2D eigenvalue weighted by Gasteiger charge is 2.46. The van der Waals surface area contributed by atoms with Crippen LogP contribution in [0.5, 0.6) is 0 Å². The van der Waals surface area contributed by atoms with E-state index in [2.05, 4.69) is 10.3 Å². The van der Waals surface area contributed by atoms with Crippen molar-refractivity contribution in [3.8, 4) is 0 Å². The molecule has 32 heavy (non-hydrogen) atoms. The number of amides is 1. The van der Waals surface area contributed by atoms with Crippen molar-refractivity contribution >= 4 is 21.9 Å². The van der Waals surface area contributed by atoms with Gasteiger partial charge in [0.1, 0.15) is 12.4 Å². The quantitative estimate of drug-likeness (QED) is 0.638. The molecule has 176 valence electrons. The SMILES string of the molecule is CS(=O)(=O)O.O=C(OCc1ccc(F)cc1)N1CCC(CNc2ccncc2)C(F)(F)C1. The number of rotatable bonds is 5. The summed E-state index contributed by atoms with van der Waals surface area (Å²) in [6, 6.07) is 8.87. The molecule has 1 unspecified atom stereocenters. The second kappa shape index (κ2) is 11.1. The Kier molecular flexibility index (Phi) is 8.84. The third-order valence-electron chi connectivity index (χ3n) is 4.51. The Labute approximate surface area is 184 Å². The summed E-state index contributed by atoms with van der Waals surface area (Å²) in [4.78, 5) is 17.0. The molecule has 2 aromatic rings. The number of benzene rings is 1. The molecule has 2 N–H and O–H groups in total. The van der Waals surface area contributed by atoms with Crippen LogP contribution in [0.4, 0.5) is 23.7 Å². The summed E-state index contributed by atoms with van der Waals surface area (Å²) in [5.41, 5.74) is 1.31. The molecule has 1 amide bonds. The minimum atomic E-state index is -3.67. The van der Waals surface area contributed by atoms with Gasteiger partial charge in [-0.3, -0.25) is 9.54 Å². The third kappa shape index (κ3) is 9.10. The van der Waals surface area contributed by atoms with E-state index in [1.807, 2.05) is 0 Å². The molecule has 1 fully saturated rings. The molecule has 2 heterocycles. The maximum Gasteiger partial charge on any atom is 0.410 e. The van der Waals surface area contributed by atoms with Crippen LogP contribution in [0, 0.1) is 11.7 Å². The lowest BCUT2D eigenvalue weighted by atomic mass is 9.93. The number of carbonyl (C=O) groups is 1. The summed E-state index contributed by atoms with van der Waals surface area (Å²) >= 11 is 0. The van der Waals surface area contributed by atoms with E-state index < -0.39 is 40.4 Å². The van der Waals surface area contributed by atoms with E-state index >= 15 is 0 Å². The Morgan fingerprint density at radius 1 is 1.25 bits per heavy atom. The maximum absolute atomic E-state index is 14.4. The summed E-state index contributed by atoms with van der Waals surface area (Å²) in [7, 11) is -3.67. The highest BCUT2D eigenvalue weighted by atomic mass is 32.2. The van der Waals surface area contributed by atoms with Gasteiger partial charge in [-0.2, -0.15) is 8.42 Å². The van der Waals surface area contributed by atoms with Crippen molar-refractivity contribution < 1.29 is 35.7 Å². The molecule has 1 saturated heterocycles. The summed E-state index contributed by atoms with van der Waals surface area (Å²) < 4.78 is 72.7. The first-order chi connectivity index (χ1) is 14.9. The number of aromatic nitrogens is 1. The number of alkyl halides is 2. The van der Waals surface area contributed by atoms with Gasteiger partial charge in [0, 0.05) is 37.1 Å². The summed E-state index contributed by atoms with van der Waals surface area (Å²) in [5, 5.41) is 2.98. The van der Waals surface area contributed by atoms with Gasteiger partial charge in [0.2, 0.25) is 0 Å². The van der Waals surface area contributed by atoms with Crippen molar-refractivity contribution in [2.45, 2.75) is 19.0 Å². The predicted octanol–water partition coefficient (Wildman–Crippen LogP) is 3.43. The molecule has 1 aliphatic rings. The van der Waals surface area contributed by atoms with Crippen molar-refractivity contribution in [3.05, 3.63) is 60.2 Å². The molecule has 8 nitrogen and oxygen atoms in total. The first-order valence-electron chi connectivity index (χ1n) is 9.54. The highest BCUT2D eigenvalue weighted by Crippen LogP contribution is 2.33. The Hall–Kier alpha value is -2.86. The molecule has 12 heteroatoms. The van der Waals surface area contributed by atoms with E-state index in [0.717, 1.165) is 10.6 Å². The Balaban J connectivity index is 0.000000654. The number of carbonyl (C=O) groups excluding carboxylic acids is 1. The number of ether oxygens (including phenoxy) is 1. The van der Waals surface area contributed by atoms with Crippen LogP contribution in [-0.4, -0.2) is 60.8 Å². The van der Waals surface area contributed by atoms with E-state index in [9.17, 15) is 26.4 Å². The molecule has 1 aromatic carbocycles. The first kappa shape index (κ1) is 25.4. The van der Waals surface area contributed by atoms with Crippen LogP contribution in [-0.2, 0) is 21.5 Å². The number of nitrogens with one attached hydrogen (secondary N) is 1. The van der Waals surface area contributed by atoms with Crippen LogP contribution in [0.1, 0.15) is 12.0 Å². The van der Waals surface area contributed by atoms with E-state index in [4.69, 9.17) is 9.29 Å². The van der Waals surface area contributed by atoms with Gasteiger partial charge in [-0.1, -0.05) is 12.1 Å². The number of nitrogens with zero attached hydrogens (tertiary/aromatic N) is 2. The monoisotopic (exact) mass is 475 g/mol. The molecule has 0 radical (unpaired) electrons. The second-order valence-corrected chi connectivity index (χ2v) is 8.67. The largest absolute Gasteiger partial charge is 0.445 e. The van der Waals surface area contributed by atoms with E-state index in [-0.39, 0.29) is 26.1 Å². The Morgan fingerprint density at radius 3 is 2.41 bits per heavy atom. The van der Waals surface area contributed by atoms with Crippen molar-refractivity contribution in [2.75, 3.05) is 31.2 Å². The Morgan fingerprint density at radius 2 is 1.84 bits per heavy atom. The fourth-order valence-corrected chi connectivity index (χ4v) is 2.92. The van der Waals surface area contributed by atoms with Crippen LogP contribution in [0.25, 0.3) is 0 Å². The van der Waals surface area contributed by atoms with Crippen LogP contribution in [0.2, 0.25) is 0 Å². The molecule has 0 saturated carbocycles. The zero-order valence-electron chi connectivity index (χ0n) is 17.2. The smallest absolute Gasteiger partial charge is 0.410 e. The van der Waals surface area contributed by atoms with Crippen LogP contribution < -0.4 is 5.32 Å². The first-order valence-corrected chi connectivity index (χ1v) is 11.4. The average molecular weight is 475 g/mol. The summed E-state index contributed by atoms with van der Waals surface area (Å²) in [5.74, 6) is -4.30. The summed E-state index contributed by atoms with van der Waals surface area (Å²) in [6.07, 6.45) is 3.25. The Bertz CT molecular complexity index is 968. The van der Waals surface area contributed by atoms with Gasteiger partial charge in [0.25, 0.3) is 16.0 Å². The molecular formula is C20H24F3N3O5S. The van der Waals surface area contributed by atoms with Gasteiger partial charge in [0.05, 0.1) is 12.8 Å². The highest BCUT2D eigenvalue weighted by molar-refractivity contribution is 7.85. The number of hydrogen-bond donors (Lipinski definition) is 2. The lowest BCUT2D eigenvalue weighted by Gasteiger charge is -2.37. The molecular weight excluding hydrogens is 451 g/mol. The topological polar surface area (TPSA) is 109 Å². The fraction of sp³-hybridized carbons (Fsp3) is 0.400. The van der Waals surface area contributed by atoms with Crippen molar-refractivity contribution in [1.82, 2.24) is 9.88 Å². The molecule has 1 aromatic heterocycles. The average Bonchev–Trinajstić information content (AvgIpc) is 2.71. The van der Waals surface area contributed by atoms with Crippen LogP contribution in [0.15, 0.2) is 48.8 Å². The molecule has 3 rings (SSSR count). The molecule has 0 aliphatic carbocycles. The van der Waals surface area contributed by atoms with Gasteiger partial charge in [-0.25, -0.2) is 18.0 Å². The van der Waals surface area contributed by atoms with Gasteiger partial charge in [-0.15, -0.1) is 0 Å². The third-order valence-corrected chi connectivity index (χ3v) is 4.51. The van der Waals surface area contributed by atoms with E-state index in [0.29, 0.717) is 11.8 Å². The minimum absolute atomic E-state index is 0.0891. The molecule has 1 atom stereocenters. The second-order valence-electron chi connectivity index (χ2n) is 7.20. The number of anilines is 1. The predicted molar refractivity (Wildman–Crippen MR) is 111 cm³/mol. The lowest BCUT2D eigenvalue weighted by Crippen LogP contribution is -2.52. The van der Waals surface area contributed by atoms with Crippen molar-refractivity contribution in [3.63, 3.8) is 0 Å². The van der Waals surface area contributed by atoms with Crippen LogP contribution >= 0.6 is 0 Å². The number of piperidine rings is 1. The molecule has 0 bridgehead atoms. The number of pyridine rings is 1. The lowest BCUT2D eigenvalue weighted by molar-refractivity contribution is -0.101. The van der Waals surface area contributed by atoms with Crippen LogP contribution in [0.3, 0.4) is 0 Å². The van der Waals surface area contributed by atoms with Crippen molar-refractivity contribution in [1.29, 1.82) is 0 Å². The van der Waals surface area contributed by atoms with Gasteiger partial charge in [-0.05, 0) is 36.2 Å². The number of likely N-dealkylation sites (tertiary alicyclic amines) is 1. The number of halogens is 3. The fourth-order valence-electron chi connectivity index (χ4n) is 2.92. The van der Waals surface area contributed by atoms with Crippen molar-refractivity contribution in [2.24, 2.45) is 5.92 Å². The van der Waals surface area contributed by atoms with E-state index in [1.165, 1.54) is 24.3 Å². The van der Waals surface area contributed by atoms with E-state index in [1.54, 1.807) is 24.5 Å². The molecule has 0 spiro atoms. The minimum Gasteiger partial charge on any atom is -0.445 e. The number of hydrogen-bond acceptors (Lipinski definition) is 6. The standard InChI is InChI=1S/C19H20F3N3O2.CH4O3S/c20-16-3-1-14(2-4-16)12-27-18(26)25-10-7-15(19(21,22)13-25)11-24-17-5-8-23-9-6-17;1-5(2,3)4/h1-6,8-9,15H,7,10-13H2,(H,23,24);1H3,(H,2,3,4). The maximum atomic E-state index is 14.4.